The van der Waals surface area contributed by atoms with Crippen LogP contribution in [-0.2, 0) is 46.5 Å². The van der Waals surface area contributed by atoms with Crippen molar-refractivity contribution in [1.29, 1.82) is 0 Å². The Morgan fingerprint density at radius 1 is 0.886 bits per heavy atom. The zero-order chi connectivity index (χ0) is 32.9. The number of esters is 1. The molecule has 0 amide bonds. The topological polar surface area (TPSA) is 99.1 Å². The number of halogens is 5. The molecule has 14 heteroatoms. The molecule has 1 aliphatic heterocycles. The maximum Gasteiger partial charge on any atom is 0.466 e. The van der Waals surface area contributed by atoms with Gasteiger partial charge in [0.25, 0.3) is 0 Å². The molecule has 1 aliphatic rings. The molecule has 0 aliphatic carbocycles. The van der Waals surface area contributed by atoms with Gasteiger partial charge < -0.3 is 14.2 Å². The van der Waals surface area contributed by atoms with E-state index in [1.165, 1.54) is 31.2 Å². The average molecular weight is 662 g/mol. The molecule has 3 aromatic rings. The maximum atomic E-state index is 13.7. The molecule has 1 fully saturated rings. The summed E-state index contributed by atoms with van der Waals surface area (Å²) in [5, 5.41) is -5.17. The van der Waals surface area contributed by atoms with Crippen LogP contribution in [0.25, 0.3) is 0 Å². The van der Waals surface area contributed by atoms with Crippen molar-refractivity contribution in [2.75, 3.05) is 6.61 Å². The molecule has 7 nitrogen and oxygen atoms in total. The summed E-state index contributed by atoms with van der Waals surface area (Å²) in [7, 11) is -6.98. The fourth-order valence-electron chi connectivity index (χ4n) is 4.37. The van der Waals surface area contributed by atoms with Crippen LogP contribution in [0.2, 0.25) is 0 Å². The summed E-state index contributed by atoms with van der Waals surface area (Å²) in [6.07, 6.45) is -4.67. The minimum atomic E-state index is -6.05. The second-order valence-electron chi connectivity index (χ2n) is 11.5. The van der Waals surface area contributed by atoms with Gasteiger partial charge >= 0.3 is 27.5 Å². The second kappa shape index (κ2) is 11.4. The first-order chi connectivity index (χ1) is 20.1. The standard InChI is InChI=1S/C30H29F5O7S2/c1-26(2,3)19-9-13-22(14-10-19)43(23-15-11-21(12-16-23)41-25(36)29(31,32)44(37,38)39)24-8-6-7-20(17-24)28(5)40-18-27(4,42-28)30(33,34)35/h6-17H,18H2,1-5H3/p+1. The monoisotopic (exact) mass is 661 g/mol. The molecule has 3 atom stereocenters. The zero-order valence-corrected chi connectivity index (χ0v) is 25.9. The van der Waals surface area contributed by atoms with Crippen molar-refractivity contribution in [2.45, 2.75) is 77.5 Å². The molecule has 0 radical (unpaired) electrons. The molecule has 3 unspecified atom stereocenters. The molecule has 0 aromatic heterocycles. The highest BCUT2D eigenvalue weighted by Gasteiger charge is 2.61. The van der Waals surface area contributed by atoms with Gasteiger partial charge in [0.15, 0.2) is 26.1 Å². The van der Waals surface area contributed by atoms with Gasteiger partial charge in [-0.1, -0.05) is 45.0 Å². The second-order valence-corrected chi connectivity index (χ2v) is 15.0. The molecule has 44 heavy (non-hydrogen) atoms. The molecule has 4 rings (SSSR count). The van der Waals surface area contributed by atoms with E-state index in [4.69, 9.17) is 14.0 Å². The van der Waals surface area contributed by atoms with E-state index in [1.807, 2.05) is 45.0 Å². The van der Waals surface area contributed by atoms with E-state index in [2.05, 4.69) is 4.74 Å². The van der Waals surface area contributed by atoms with E-state index in [0.29, 0.717) is 15.4 Å². The molecule has 0 saturated carbocycles. The summed E-state index contributed by atoms with van der Waals surface area (Å²) in [4.78, 5) is 13.8. The molecule has 0 spiro atoms. The first-order valence-corrected chi connectivity index (χ1v) is 15.8. The number of alkyl halides is 5. The predicted molar refractivity (Wildman–Crippen MR) is 151 cm³/mol. The Morgan fingerprint density at radius 3 is 1.91 bits per heavy atom. The van der Waals surface area contributed by atoms with Crippen molar-refractivity contribution in [3.8, 4) is 5.75 Å². The van der Waals surface area contributed by atoms with Crippen molar-refractivity contribution >= 4 is 27.0 Å². The van der Waals surface area contributed by atoms with Crippen LogP contribution in [0.15, 0.2) is 87.5 Å². The molecular formula is C30H30F5O7S2+. The smallest absolute Gasteiger partial charge is 0.421 e. The number of benzene rings is 3. The first-order valence-electron chi connectivity index (χ1n) is 13.1. The number of carbonyl (C=O) groups is 1. The average Bonchev–Trinajstić information content (AvgIpc) is 3.26. The van der Waals surface area contributed by atoms with E-state index in [9.17, 15) is 35.2 Å². The third-order valence-electron chi connectivity index (χ3n) is 7.02. The van der Waals surface area contributed by atoms with Gasteiger partial charge in [-0.05, 0) is 67.3 Å². The SMILES string of the molecule is CC(C)(C)c1ccc([S+](c2ccc(OC(=O)C(F)(F)S(=O)(=O)O)cc2)c2cccc(C3(C)OCC(C)(C(F)(F)F)O3)c2)cc1. The minimum Gasteiger partial charge on any atom is -0.421 e. The highest BCUT2D eigenvalue weighted by molar-refractivity contribution is 7.97. The van der Waals surface area contributed by atoms with Crippen LogP contribution < -0.4 is 4.74 Å². The lowest BCUT2D eigenvalue weighted by Gasteiger charge is -2.29. The summed E-state index contributed by atoms with van der Waals surface area (Å²) in [5.74, 6) is -4.59. The largest absolute Gasteiger partial charge is 0.466 e. The summed E-state index contributed by atoms with van der Waals surface area (Å²) < 4.78 is 114. The van der Waals surface area contributed by atoms with Gasteiger partial charge in [0.05, 0.1) is 17.5 Å². The Hall–Kier alpha value is -3.04. The van der Waals surface area contributed by atoms with Crippen molar-refractivity contribution in [3.05, 3.63) is 83.9 Å². The summed E-state index contributed by atoms with van der Waals surface area (Å²) in [5.41, 5.74) is -1.28. The van der Waals surface area contributed by atoms with Crippen LogP contribution in [0.1, 0.15) is 45.7 Å². The minimum absolute atomic E-state index is 0.149. The lowest BCUT2D eigenvalue weighted by atomic mass is 9.87. The van der Waals surface area contributed by atoms with E-state index in [0.717, 1.165) is 17.4 Å². The Bertz CT molecular complexity index is 1640. The molecule has 3 aromatic carbocycles. The third kappa shape index (κ3) is 6.64. The van der Waals surface area contributed by atoms with Crippen molar-refractivity contribution in [3.63, 3.8) is 0 Å². The Kier molecular flexibility index (Phi) is 8.76. The van der Waals surface area contributed by atoms with Crippen LogP contribution in [0, 0.1) is 0 Å². The molecule has 1 N–H and O–H groups in total. The Labute approximate surface area is 254 Å². The number of carbonyl (C=O) groups excluding carboxylic acids is 1. The quantitative estimate of drug-likeness (QED) is 0.0957. The van der Waals surface area contributed by atoms with Gasteiger partial charge in [-0.15, -0.1) is 0 Å². The van der Waals surface area contributed by atoms with Gasteiger partial charge in [0.1, 0.15) is 5.75 Å². The van der Waals surface area contributed by atoms with E-state index >= 15 is 0 Å². The van der Waals surface area contributed by atoms with E-state index in [-0.39, 0.29) is 5.41 Å². The molecular weight excluding hydrogens is 631 g/mol. The molecule has 1 heterocycles. The molecule has 238 valence electrons. The number of ether oxygens (including phenoxy) is 3. The van der Waals surface area contributed by atoms with Gasteiger partial charge in [-0.3, -0.25) is 4.55 Å². The highest BCUT2D eigenvalue weighted by Crippen LogP contribution is 2.47. The summed E-state index contributed by atoms with van der Waals surface area (Å²) in [6, 6.07) is 19.7. The van der Waals surface area contributed by atoms with Gasteiger partial charge in [-0.25, -0.2) is 4.79 Å². The van der Waals surface area contributed by atoms with Crippen LogP contribution in [0.5, 0.6) is 5.75 Å². The summed E-state index contributed by atoms with van der Waals surface area (Å²) in [6.45, 7) is 7.78. The van der Waals surface area contributed by atoms with Crippen molar-refractivity contribution < 1.29 is 53.9 Å². The van der Waals surface area contributed by atoms with Crippen LogP contribution in [0.3, 0.4) is 0 Å². The van der Waals surface area contributed by atoms with Gasteiger partial charge in [0.2, 0.25) is 0 Å². The van der Waals surface area contributed by atoms with Crippen molar-refractivity contribution in [1.82, 2.24) is 0 Å². The lowest BCUT2D eigenvalue weighted by molar-refractivity contribution is -0.283. The fourth-order valence-corrected chi connectivity index (χ4v) is 6.71. The van der Waals surface area contributed by atoms with E-state index in [1.54, 1.807) is 24.3 Å². The van der Waals surface area contributed by atoms with Gasteiger partial charge in [-0.2, -0.15) is 30.4 Å². The number of hydrogen-bond acceptors (Lipinski definition) is 6. The van der Waals surface area contributed by atoms with Crippen LogP contribution in [-0.4, -0.2) is 42.6 Å². The highest BCUT2D eigenvalue weighted by atomic mass is 32.2. The first kappa shape index (κ1) is 33.8. The summed E-state index contributed by atoms with van der Waals surface area (Å²) >= 11 is 0. The van der Waals surface area contributed by atoms with Crippen LogP contribution in [0.4, 0.5) is 22.0 Å². The maximum absolute atomic E-state index is 13.7. The van der Waals surface area contributed by atoms with E-state index < -0.39 is 62.2 Å². The Morgan fingerprint density at radius 2 is 1.43 bits per heavy atom. The molecule has 0 bridgehead atoms. The van der Waals surface area contributed by atoms with Crippen molar-refractivity contribution in [2.24, 2.45) is 0 Å². The number of hydrogen-bond donors (Lipinski definition) is 1. The third-order valence-corrected chi connectivity index (χ3v) is 10.1. The predicted octanol–water partition coefficient (Wildman–Crippen LogP) is 7.01. The fraction of sp³-hybridized carbons (Fsp3) is 0.367. The van der Waals surface area contributed by atoms with Gasteiger partial charge in [0, 0.05) is 11.6 Å². The number of rotatable bonds is 7. The van der Waals surface area contributed by atoms with Crippen LogP contribution >= 0.6 is 0 Å². The Balaban J connectivity index is 1.74. The lowest BCUT2D eigenvalue weighted by Crippen LogP contribution is -2.45. The zero-order valence-electron chi connectivity index (χ0n) is 24.2. The molecule has 1 saturated heterocycles. The normalized spacial score (nSPS) is 22.1.